The maximum absolute atomic E-state index is 10.8. The Morgan fingerprint density at radius 2 is 1.95 bits per heavy atom. The van der Waals surface area contributed by atoms with Crippen LogP contribution in [0, 0.1) is 0 Å². The van der Waals surface area contributed by atoms with Crippen molar-refractivity contribution in [1.29, 1.82) is 0 Å². The highest BCUT2D eigenvalue weighted by atomic mass is 35.5. The molecule has 0 fully saturated rings. The van der Waals surface area contributed by atoms with Gasteiger partial charge in [0, 0.05) is 11.4 Å². The van der Waals surface area contributed by atoms with Gasteiger partial charge >= 0.3 is 0 Å². The van der Waals surface area contributed by atoms with Gasteiger partial charge in [-0.25, -0.2) is 0 Å². The Balaban J connectivity index is 2.04. The lowest BCUT2D eigenvalue weighted by Crippen LogP contribution is -2.22. The van der Waals surface area contributed by atoms with E-state index < -0.39 is 5.60 Å². The van der Waals surface area contributed by atoms with Crippen LogP contribution in [0.15, 0.2) is 42.5 Å². The second-order valence-corrected chi connectivity index (χ2v) is 5.44. The Morgan fingerprint density at radius 1 is 1.16 bits per heavy atom. The fraction of sp³-hybridized carbons (Fsp3) is 0.250. The van der Waals surface area contributed by atoms with Gasteiger partial charge in [-0.15, -0.1) is 0 Å². The molecule has 0 aromatic heterocycles. The normalized spacial score (nSPS) is 16.6. The van der Waals surface area contributed by atoms with Crippen LogP contribution >= 0.6 is 11.6 Å². The molecule has 0 aliphatic carbocycles. The van der Waals surface area contributed by atoms with Gasteiger partial charge in [0.1, 0.15) is 11.4 Å². The third-order valence-electron chi connectivity index (χ3n) is 3.64. The summed E-state index contributed by atoms with van der Waals surface area (Å²) in [6.07, 6.45) is 0.898. The van der Waals surface area contributed by atoms with Crippen molar-refractivity contribution in [2.24, 2.45) is 0 Å². The minimum Gasteiger partial charge on any atom is -0.493 e. The molecule has 3 heteroatoms. The third-order valence-corrected chi connectivity index (χ3v) is 3.87. The van der Waals surface area contributed by atoms with E-state index in [1.54, 1.807) is 19.1 Å². The molecule has 1 N–H and O–H groups in total. The largest absolute Gasteiger partial charge is 0.493 e. The summed E-state index contributed by atoms with van der Waals surface area (Å²) in [5.41, 5.74) is 1.75. The van der Waals surface area contributed by atoms with E-state index in [0.717, 1.165) is 35.5 Å². The molecular weight excluding hydrogens is 260 g/mol. The van der Waals surface area contributed by atoms with Gasteiger partial charge in [-0.05, 0) is 47.9 Å². The summed E-state index contributed by atoms with van der Waals surface area (Å²) in [5, 5.41) is 11.4. The monoisotopic (exact) mass is 274 g/mol. The lowest BCUT2D eigenvalue weighted by atomic mass is 9.87. The fourth-order valence-corrected chi connectivity index (χ4v) is 2.64. The molecule has 0 saturated heterocycles. The molecule has 1 aliphatic rings. The minimum atomic E-state index is -1.05. The molecule has 2 aromatic rings. The zero-order chi connectivity index (χ0) is 13.5. The first-order chi connectivity index (χ1) is 9.07. The van der Waals surface area contributed by atoms with Crippen LogP contribution in [-0.2, 0) is 12.0 Å². The van der Waals surface area contributed by atoms with Crippen molar-refractivity contribution < 1.29 is 9.84 Å². The predicted molar refractivity (Wildman–Crippen MR) is 75.8 cm³/mol. The number of benzene rings is 2. The Kier molecular flexibility index (Phi) is 3.00. The van der Waals surface area contributed by atoms with E-state index in [1.807, 2.05) is 30.3 Å². The molecule has 0 radical (unpaired) electrons. The Labute approximate surface area is 117 Å². The van der Waals surface area contributed by atoms with E-state index in [-0.39, 0.29) is 0 Å². The van der Waals surface area contributed by atoms with Crippen LogP contribution in [0.4, 0.5) is 0 Å². The summed E-state index contributed by atoms with van der Waals surface area (Å²) < 4.78 is 5.49. The van der Waals surface area contributed by atoms with Crippen molar-refractivity contribution in [3.63, 3.8) is 0 Å². The van der Waals surface area contributed by atoms with Gasteiger partial charge in [0.25, 0.3) is 0 Å². The van der Waals surface area contributed by atoms with Crippen molar-refractivity contribution in [1.82, 2.24) is 0 Å². The average Bonchev–Trinajstić information content (AvgIpc) is 2.85. The summed E-state index contributed by atoms with van der Waals surface area (Å²) in [6.45, 7) is 2.51. The van der Waals surface area contributed by atoms with Crippen LogP contribution in [0.1, 0.15) is 23.6 Å². The molecule has 0 amide bonds. The number of aliphatic hydroxyl groups is 1. The van der Waals surface area contributed by atoms with Gasteiger partial charge in [-0.3, -0.25) is 0 Å². The third kappa shape index (κ3) is 2.22. The van der Waals surface area contributed by atoms with Gasteiger partial charge in [0.2, 0.25) is 0 Å². The topological polar surface area (TPSA) is 29.5 Å². The predicted octanol–water partition coefficient (Wildman–Crippen LogP) is 3.53. The standard InChI is InChI=1S/C16H15ClO2/c1-16(18,12-3-2-4-14(17)10-12)13-5-6-15-11(9-13)7-8-19-15/h2-6,9-10,18H,7-8H2,1H3. The zero-order valence-corrected chi connectivity index (χ0v) is 11.4. The molecule has 19 heavy (non-hydrogen) atoms. The molecular formula is C16H15ClO2. The number of hydrogen-bond donors (Lipinski definition) is 1. The Morgan fingerprint density at radius 3 is 2.74 bits per heavy atom. The number of fused-ring (bicyclic) bond motifs is 1. The molecule has 2 aromatic carbocycles. The lowest BCUT2D eigenvalue weighted by molar-refractivity contribution is 0.102. The second kappa shape index (κ2) is 4.55. The highest BCUT2D eigenvalue weighted by molar-refractivity contribution is 6.30. The van der Waals surface area contributed by atoms with E-state index in [4.69, 9.17) is 16.3 Å². The van der Waals surface area contributed by atoms with Crippen molar-refractivity contribution in [2.75, 3.05) is 6.61 Å². The van der Waals surface area contributed by atoms with Gasteiger partial charge < -0.3 is 9.84 Å². The highest BCUT2D eigenvalue weighted by Gasteiger charge is 2.27. The number of halogens is 1. The first-order valence-corrected chi connectivity index (χ1v) is 6.70. The number of hydrogen-bond acceptors (Lipinski definition) is 2. The number of rotatable bonds is 2. The maximum atomic E-state index is 10.8. The average molecular weight is 275 g/mol. The smallest absolute Gasteiger partial charge is 0.122 e. The summed E-state index contributed by atoms with van der Waals surface area (Å²) >= 11 is 6.00. The van der Waals surface area contributed by atoms with Crippen LogP contribution in [0.2, 0.25) is 5.02 Å². The van der Waals surface area contributed by atoms with Crippen LogP contribution in [-0.4, -0.2) is 11.7 Å². The number of ether oxygens (including phenoxy) is 1. The van der Waals surface area contributed by atoms with Crippen molar-refractivity contribution in [2.45, 2.75) is 18.9 Å². The van der Waals surface area contributed by atoms with E-state index in [1.165, 1.54) is 0 Å². The molecule has 98 valence electrons. The summed E-state index contributed by atoms with van der Waals surface area (Å²) in [4.78, 5) is 0. The first-order valence-electron chi connectivity index (χ1n) is 6.32. The van der Waals surface area contributed by atoms with Crippen LogP contribution in [0.3, 0.4) is 0 Å². The molecule has 0 spiro atoms. The first kappa shape index (κ1) is 12.5. The van der Waals surface area contributed by atoms with Gasteiger partial charge in [0.15, 0.2) is 0 Å². The highest BCUT2D eigenvalue weighted by Crippen LogP contribution is 2.34. The molecule has 3 rings (SSSR count). The summed E-state index contributed by atoms with van der Waals surface area (Å²) in [7, 11) is 0. The van der Waals surface area contributed by atoms with Crippen molar-refractivity contribution in [3.05, 3.63) is 64.2 Å². The van der Waals surface area contributed by atoms with Crippen molar-refractivity contribution >= 4 is 11.6 Å². The quantitative estimate of drug-likeness (QED) is 0.908. The van der Waals surface area contributed by atoms with E-state index >= 15 is 0 Å². The van der Waals surface area contributed by atoms with Gasteiger partial charge in [-0.1, -0.05) is 29.8 Å². The minimum absolute atomic E-state index is 0.627. The fourth-order valence-electron chi connectivity index (χ4n) is 2.45. The van der Waals surface area contributed by atoms with E-state index in [0.29, 0.717) is 5.02 Å². The van der Waals surface area contributed by atoms with Crippen LogP contribution in [0.25, 0.3) is 0 Å². The second-order valence-electron chi connectivity index (χ2n) is 5.00. The lowest BCUT2D eigenvalue weighted by Gasteiger charge is -2.25. The Bertz CT molecular complexity index is 620. The molecule has 1 unspecified atom stereocenters. The molecule has 1 atom stereocenters. The van der Waals surface area contributed by atoms with E-state index in [9.17, 15) is 5.11 Å². The molecule has 0 bridgehead atoms. The maximum Gasteiger partial charge on any atom is 0.122 e. The van der Waals surface area contributed by atoms with Gasteiger partial charge in [-0.2, -0.15) is 0 Å². The Hall–Kier alpha value is -1.51. The van der Waals surface area contributed by atoms with Crippen LogP contribution < -0.4 is 4.74 Å². The SMILES string of the molecule is CC(O)(c1cccc(Cl)c1)c1ccc2c(c1)CCO2. The van der Waals surface area contributed by atoms with Gasteiger partial charge in [0.05, 0.1) is 6.61 Å². The van der Waals surface area contributed by atoms with Crippen molar-refractivity contribution in [3.8, 4) is 5.75 Å². The zero-order valence-electron chi connectivity index (χ0n) is 10.7. The molecule has 2 nitrogen and oxygen atoms in total. The molecule has 0 saturated carbocycles. The van der Waals surface area contributed by atoms with Crippen LogP contribution in [0.5, 0.6) is 5.75 Å². The summed E-state index contributed by atoms with van der Waals surface area (Å²) in [5.74, 6) is 0.922. The summed E-state index contributed by atoms with van der Waals surface area (Å²) in [6, 6.07) is 13.2. The van der Waals surface area contributed by atoms with E-state index in [2.05, 4.69) is 0 Å². The molecule has 1 aliphatic heterocycles. The molecule has 1 heterocycles.